The van der Waals surface area contributed by atoms with Crippen molar-refractivity contribution in [2.45, 2.75) is 20.5 Å². The van der Waals surface area contributed by atoms with E-state index >= 15 is 0 Å². The Hall–Kier alpha value is -1.42. The number of aliphatic hydroxyl groups excluding tert-OH is 1. The Kier molecular flexibility index (Phi) is 2.00. The molecule has 0 aromatic carbocycles. The summed E-state index contributed by atoms with van der Waals surface area (Å²) in [5.41, 5.74) is 0.817. The number of allylic oxidation sites excluding steroid dienone is 1. The third-order valence-electron chi connectivity index (χ3n) is 2.11. The molecule has 0 radical (unpaired) electrons. The average molecular weight is 191 g/mol. The van der Waals surface area contributed by atoms with Gasteiger partial charge in [0.25, 0.3) is 0 Å². The molecule has 0 spiro atoms. The molecule has 1 aliphatic rings. The number of hydrogen-bond acceptors (Lipinski definition) is 3. The second-order valence-electron chi connectivity index (χ2n) is 3.99. The molecule has 2 N–H and O–H groups in total. The Labute approximate surface area is 82.4 Å². The topological polar surface area (TPSA) is 61.3 Å². The summed E-state index contributed by atoms with van der Waals surface area (Å²) in [6.07, 6.45) is 5.87. The smallest absolute Gasteiger partial charge is 0.177 e. The first-order valence-corrected chi connectivity index (χ1v) is 4.55. The minimum absolute atomic E-state index is 0.0408. The van der Waals surface area contributed by atoms with Crippen LogP contribution in [0.1, 0.15) is 25.4 Å². The molecular formula is C10H13N3O. The van der Waals surface area contributed by atoms with Gasteiger partial charge in [-0.2, -0.15) is 0 Å². The fourth-order valence-corrected chi connectivity index (χ4v) is 1.29. The van der Waals surface area contributed by atoms with Gasteiger partial charge in [0, 0.05) is 11.6 Å². The highest BCUT2D eigenvalue weighted by atomic mass is 16.3. The molecule has 0 atom stereocenters. The second-order valence-corrected chi connectivity index (χ2v) is 3.99. The highest BCUT2D eigenvalue weighted by Gasteiger charge is 2.16. The minimum atomic E-state index is -0.0836. The predicted octanol–water partition coefficient (Wildman–Crippen LogP) is 1.66. The van der Waals surface area contributed by atoms with E-state index in [1.807, 2.05) is 12.3 Å². The van der Waals surface area contributed by atoms with Crippen LogP contribution in [0.15, 0.2) is 11.1 Å². The number of aromatic nitrogens is 2. The highest BCUT2D eigenvalue weighted by Crippen LogP contribution is 2.26. The van der Waals surface area contributed by atoms with Crippen LogP contribution in [-0.2, 0) is 6.61 Å². The van der Waals surface area contributed by atoms with Crippen molar-refractivity contribution >= 4 is 18.1 Å². The summed E-state index contributed by atoms with van der Waals surface area (Å²) in [4.78, 5) is 11.4. The zero-order chi connectivity index (χ0) is 10.2. The predicted molar refractivity (Wildman–Crippen MR) is 55.5 cm³/mol. The Morgan fingerprint density at radius 1 is 1.50 bits per heavy atom. The lowest BCUT2D eigenvalue weighted by Crippen LogP contribution is -2.07. The first-order valence-electron chi connectivity index (χ1n) is 4.55. The van der Waals surface area contributed by atoms with E-state index in [0.717, 1.165) is 5.69 Å². The van der Waals surface area contributed by atoms with Crippen molar-refractivity contribution in [2.75, 3.05) is 0 Å². The highest BCUT2D eigenvalue weighted by molar-refractivity contribution is 5.77. The summed E-state index contributed by atoms with van der Waals surface area (Å²) in [5.74, 6) is 1.20. The first kappa shape index (κ1) is 9.15. The molecule has 0 saturated heterocycles. The fraction of sp³-hybridized carbons (Fsp3) is 0.400. The quantitative estimate of drug-likeness (QED) is 0.709. The molecule has 14 heavy (non-hydrogen) atoms. The van der Waals surface area contributed by atoms with Crippen molar-refractivity contribution in [1.82, 2.24) is 9.97 Å². The van der Waals surface area contributed by atoms with Crippen LogP contribution in [0.5, 0.6) is 0 Å². The van der Waals surface area contributed by atoms with E-state index in [1.54, 1.807) is 0 Å². The number of fused-ring (bicyclic) bond motifs is 1. The van der Waals surface area contributed by atoms with Crippen LogP contribution in [-0.4, -0.2) is 21.3 Å². The number of aliphatic hydroxyl groups is 1. The zero-order valence-electron chi connectivity index (χ0n) is 8.28. The Balaban J connectivity index is 2.44. The molecule has 0 fully saturated rings. The molecule has 0 aliphatic carbocycles. The standard InChI is InChI=1S/C10H13N3O/c1-10(2)4-3-7-9(11-6-10)13-8(5-14)12-7/h3-4,6,14H,5H2,1-2H3,(H,12,13). The van der Waals surface area contributed by atoms with Gasteiger partial charge in [-0.25, -0.2) is 9.98 Å². The molecule has 0 saturated carbocycles. The fourth-order valence-electron chi connectivity index (χ4n) is 1.29. The van der Waals surface area contributed by atoms with Crippen molar-refractivity contribution in [3.8, 4) is 0 Å². The van der Waals surface area contributed by atoms with Gasteiger partial charge >= 0.3 is 0 Å². The largest absolute Gasteiger partial charge is 0.388 e. The van der Waals surface area contributed by atoms with Crippen LogP contribution in [0.3, 0.4) is 0 Å². The van der Waals surface area contributed by atoms with E-state index in [1.165, 1.54) is 0 Å². The number of aromatic amines is 1. The van der Waals surface area contributed by atoms with E-state index in [-0.39, 0.29) is 12.0 Å². The SMILES string of the molecule is CC1(C)C=Cc2[nH]c(CO)nc2N=C1. The Morgan fingerprint density at radius 2 is 2.29 bits per heavy atom. The lowest BCUT2D eigenvalue weighted by Gasteiger charge is -2.10. The molecule has 0 amide bonds. The Morgan fingerprint density at radius 3 is 3.00 bits per heavy atom. The van der Waals surface area contributed by atoms with E-state index in [4.69, 9.17) is 5.11 Å². The minimum Gasteiger partial charge on any atom is -0.388 e. The summed E-state index contributed by atoms with van der Waals surface area (Å²) in [6.45, 7) is 4.07. The van der Waals surface area contributed by atoms with Crippen molar-refractivity contribution in [1.29, 1.82) is 0 Å². The van der Waals surface area contributed by atoms with E-state index in [0.29, 0.717) is 11.6 Å². The van der Waals surface area contributed by atoms with Gasteiger partial charge in [0.1, 0.15) is 12.4 Å². The lowest BCUT2D eigenvalue weighted by molar-refractivity contribution is 0.272. The summed E-state index contributed by atoms with van der Waals surface area (Å²) in [7, 11) is 0. The van der Waals surface area contributed by atoms with Gasteiger partial charge in [0.15, 0.2) is 5.82 Å². The monoisotopic (exact) mass is 191 g/mol. The number of rotatable bonds is 1. The molecule has 0 bridgehead atoms. The number of nitrogens with one attached hydrogen (secondary N) is 1. The van der Waals surface area contributed by atoms with Crippen molar-refractivity contribution in [3.05, 3.63) is 17.6 Å². The van der Waals surface area contributed by atoms with E-state index in [2.05, 4.69) is 34.9 Å². The molecule has 1 aromatic heterocycles. The number of aliphatic imine (C=N–C) groups is 1. The number of nitrogens with zero attached hydrogens (tertiary/aromatic N) is 2. The van der Waals surface area contributed by atoms with Gasteiger partial charge in [0.05, 0.1) is 5.69 Å². The van der Waals surface area contributed by atoms with Gasteiger partial charge in [-0.1, -0.05) is 19.9 Å². The molecule has 4 nitrogen and oxygen atoms in total. The van der Waals surface area contributed by atoms with Crippen LogP contribution in [0.2, 0.25) is 0 Å². The Bertz CT molecular complexity index is 368. The molecule has 4 heteroatoms. The molecule has 0 unspecified atom stereocenters. The third-order valence-corrected chi connectivity index (χ3v) is 2.11. The number of H-pyrrole nitrogens is 1. The molecule has 74 valence electrons. The van der Waals surface area contributed by atoms with Crippen LogP contribution in [0.25, 0.3) is 6.08 Å². The van der Waals surface area contributed by atoms with Gasteiger partial charge in [-0.3, -0.25) is 0 Å². The van der Waals surface area contributed by atoms with E-state index in [9.17, 15) is 0 Å². The van der Waals surface area contributed by atoms with Gasteiger partial charge < -0.3 is 10.1 Å². The second kappa shape index (κ2) is 3.06. The van der Waals surface area contributed by atoms with Gasteiger partial charge in [-0.05, 0) is 6.08 Å². The lowest BCUT2D eigenvalue weighted by atomic mass is 9.95. The van der Waals surface area contributed by atoms with Crippen molar-refractivity contribution in [3.63, 3.8) is 0 Å². The summed E-state index contributed by atoms with van der Waals surface area (Å²) < 4.78 is 0. The van der Waals surface area contributed by atoms with Crippen LogP contribution in [0.4, 0.5) is 5.82 Å². The third kappa shape index (κ3) is 1.61. The summed E-state index contributed by atoms with van der Waals surface area (Å²) >= 11 is 0. The normalized spacial score (nSPS) is 17.9. The van der Waals surface area contributed by atoms with Gasteiger partial charge in [0.2, 0.25) is 0 Å². The molecule has 2 heterocycles. The maximum absolute atomic E-state index is 8.89. The van der Waals surface area contributed by atoms with Crippen LogP contribution in [0, 0.1) is 5.41 Å². The van der Waals surface area contributed by atoms with Crippen LogP contribution < -0.4 is 0 Å². The molecule has 1 aromatic rings. The van der Waals surface area contributed by atoms with Crippen molar-refractivity contribution < 1.29 is 5.11 Å². The maximum atomic E-state index is 8.89. The summed E-state index contributed by atoms with van der Waals surface area (Å²) in [5, 5.41) is 8.89. The van der Waals surface area contributed by atoms with Crippen LogP contribution >= 0.6 is 0 Å². The number of imidazole rings is 1. The van der Waals surface area contributed by atoms with E-state index < -0.39 is 0 Å². The average Bonchev–Trinajstić information content (AvgIpc) is 2.49. The van der Waals surface area contributed by atoms with Crippen molar-refractivity contribution in [2.24, 2.45) is 10.4 Å². The zero-order valence-corrected chi connectivity index (χ0v) is 8.28. The molecule has 1 aliphatic heterocycles. The molecular weight excluding hydrogens is 178 g/mol. The number of hydrogen-bond donors (Lipinski definition) is 2. The first-order chi connectivity index (χ1) is 6.61. The maximum Gasteiger partial charge on any atom is 0.177 e. The van der Waals surface area contributed by atoms with Gasteiger partial charge in [-0.15, -0.1) is 0 Å². The summed E-state index contributed by atoms with van der Waals surface area (Å²) in [6, 6.07) is 0. The molecule has 2 rings (SSSR count).